The average Bonchev–Trinajstić information content (AvgIpc) is 2.38. The van der Waals surface area contributed by atoms with Crippen molar-refractivity contribution in [3.8, 4) is 0 Å². The van der Waals surface area contributed by atoms with Crippen LogP contribution in [0.15, 0.2) is 24.5 Å². The molecule has 2 heterocycles. The Morgan fingerprint density at radius 1 is 1.50 bits per heavy atom. The van der Waals surface area contributed by atoms with E-state index in [0.717, 1.165) is 19.8 Å². The van der Waals surface area contributed by atoms with Crippen LogP contribution in [0.25, 0.3) is 0 Å². The van der Waals surface area contributed by atoms with Crippen molar-refractivity contribution in [3.63, 3.8) is 0 Å². The van der Waals surface area contributed by atoms with Gasteiger partial charge in [-0.15, -0.1) is 0 Å². The summed E-state index contributed by atoms with van der Waals surface area (Å²) in [7, 11) is 0. The van der Waals surface area contributed by atoms with E-state index in [4.69, 9.17) is 4.74 Å². The van der Waals surface area contributed by atoms with Crippen LogP contribution in [0.3, 0.4) is 0 Å². The van der Waals surface area contributed by atoms with Crippen LogP contribution >= 0.6 is 0 Å². The van der Waals surface area contributed by atoms with Crippen molar-refractivity contribution in [2.45, 2.75) is 25.8 Å². The smallest absolute Gasteiger partial charge is 0.0506 e. The van der Waals surface area contributed by atoms with Gasteiger partial charge < -0.3 is 10.1 Å². The van der Waals surface area contributed by atoms with Gasteiger partial charge >= 0.3 is 0 Å². The third-order valence-corrected chi connectivity index (χ3v) is 3.17. The third kappa shape index (κ3) is 3.29. The quantitative estimate of drug-likeness (QED) is 0.844. The SMILES string of the molecule is C[C@H](NCC1CCCOC1)c1ccncc1. The minimum atomic E-state index is 0.393. The molecule has 1 aromatic rings. The van der Waals surface area contributed by atoms with Crippen LogP contribution in [0.5, 0.6) is 0 Å². The molecule has 2 atom stereocenters. The van der Waals surface area contributed by atoms with Crippen molar-refractivity contribution < 1.29 is 4.74 Å². The Kier molecular flexibility index (Phi) is 4.31. The van der Waals surface area contributed by atoms with Gasteiger partial charge in [-0.25, -0.2) is 0 Å². The van der Waals surface area contributed by atoms with Gasteiger partial charge in [0.05, 0.1) is 6.61 Å². The summed E-state index contributed by atoms with van der Waals surface area (Å²) in [6.45, 7) is 5.09. The predicted molar refractivity (Wildman–Crippen MR) is 64.2 cm³/mol. The normalized spacial score (nSPS) is 22.9. The second-order valence-corrected chi connectivity index (χ2v) is 4.49. The lowest BCUT2D eigenvalue weighted by molar-refractivity contribution is 0.0540. The van der Waals surface area contributed by atoms with Crippen molar-refractivity contribution in [1.82, 2.24) is 10.3 Å². The number of ether oxygens (including phenoxy) is 1. The molecule has 1 unspecified atom stereocenters. The Hall–Kier alpha value is -0.930. The molecule has 1 saturated heterocycles. The van der Waals surface area contributed by atoms with Gasteiger partial charge in [-0.1, -0.05) is 0 Å². The van der Waals surface area contributed by atoms with Crippen LogP contribution in [0, 0.1) is 5.92 Å². The fourth-order valence-electron chi connectivity index (χ4n) is 2.08. The standard InChI is InChI=1S/C13H20N2O/c1-11(13-4-6-14-7-5-13)15-9-12-3-2-8-16-10-12/h4-7,11-12,15H,2-3,8-10H2,1H3/t11-,12?/m0/s1. The van der Waals surface area contributed by atoms with Crippen molar-refractivity contribution in [3.05, 3.63) is 30.1 Å². The number of rotatable bonds is 4. The minimum absolute atomic E-state index is 0.393. The lowest BCUT2D eigenvalue weighted by Gasteiger charge is -2.24. The molecule has 0 amide bonds. The number of nitrogens with one attached hydrogen (secondary N) is 1. The number of aromatic nitrogens is 1. The first-order valence-corrected chi connectivity index (χ1v) is 6.07. The molecule has 0 aliphatic carbocycles. The summed E-state index contributed by atoms with van der Waals surface area (Å²) in [6.07, 6.45) is 6.18. The summed E-state index contributed by atoms with van der Waals surface area (Å²) in [6, 6.07) is 4.52. The summed E-state index contributed by atoms with van der Waals surface area (Å²) < 4.78 is 5.47. The molecule has 1 aliphatic heterocycles. The zero-order chi connectivity index (χ0) is 11.2. The maximum atomic E-state index is 5.47. The maximum absolute atomic E-state index is 5.47. The van der Waals surface area contributed by atoms with E-state index in [2.05, 4.69) is 29.4 Å². The van der Waals surface area contributed by atoms with Gasteiger partial charge in [0, 0.05) is 31.6 Å². The molecule has 0 saturated carbocycles. The first-order valence-electron chi connectivity index (χ1n) is 6.07. The summed E-state index contributed by atoms with van der Waals surface area (Å²) in [5.74, 6) is 0.679. The topological polar surface area (TPSA) is 34.1 Å². The number of hydrogen-bond acceptors (Lipinski definition) is 3. The van der Waals surface area contributed by atoms with Gasteiger partial charge in [0.15, 0.2) is 0 Å². The van der Waals surface area contributed by atoms with Crippen molar-refractivity contribution in [2.24, 2.45) is 5.92 Å². The van der Waals surface area contributed by atoms with Crippen molar-refractivity contribution in [1.29, 1.82) is 0 Å². The fourth-order valence-corrected chi connectivity index (χ4v) is 2.08. The lowest BCUT2D eigenvalue weighted by Crippen LogP contribution is -2.30. The molecule has 1 fully saturated rings. The van der Waals surface area contributed by atoms with Crippen molar-refractivity contribution in [2.75, 3.05) is 19.8 Å². The highest BCUT2D eigenvalue weighted by molar-refractivity contribution is 5.13. The van der Waals surface area contributed by atoms with Gasteiger partial charge in [0.2, 0.25) is 0 Å². The van der Waals surface area contributed by atoms with Crippen LogP contribution in [0.2, 0.25) is 0 Å². The first-order chi connectivity index (χ1) is 7.86. The molecule has 16 heavy (non-hydrogen) atoms. The zero-order valence-corrected chi connectivity index (χ0v) is 9.86. The summed E-state index contributed by atoms with van der Waals surface area (Å²) in [5, 5.41) is 3.56. The molecule has 0 aromatic carbocycles. The lowest BCUT2D eigenvalue weighted by atomic mass is 10.0. The van der Waals surface area contributed by atoms with E-state index in [1.165, 1.54) is 18.4 Å². The van der Waals surface area contributed by atoms with Crippen LogP contribution in [-0.4, -0.2) is 24.7 Å². The molecule has 88 valence electrons. The molecule has 1 N–H and O–H groups in total. The van der Waals surface area contributed by atoms with Crippen LogP contribution < -0.4 is 5.32 Å². The molecule has 0 bridgehead atoms. The monoisotopic (exact) mass is 220 g/mol. The second-order valence-electron chi connectivity index (χ2n) is 4.49. The molecule has 2 rings (SSSR count). The van der Waals surface area contributed by atoms with Crippen LogP contribution in [0.4, 0.5) is 0 Å². The second kappa shape index (κ2) is 5.97. The fraction of sp³-hybridized carbons (Fsp3) is 0.615. The third-order valence-electron chi connectivity index (χ3n) is 3.17. The molecule has 3 heteroatoms. The predicted octanol–water partition coefficient (Wildman–Crippen LogP) is 2.16. The number of hydrogen-bond donors (Lipinski definition) is 1. The first kappa shape index (κ1) is 11.6. The Bertz CT molecular complexity index is 296. The summed E-state index contributed by atoms with van der Waals surface area (Å²) in [4.78, 5) is 4.03. The van der Waals surface area contributed by atoms with E-state index in [0.29, 0.717) is 12.0 Å². The Morgan fingerprint density at radius 3 is 3.00 bits per heavy atom. The van der Waals surface area contributed by atoms with Gasteiger partial charge in [-0.05, 0) is 43.4 Å². The number of pyridine rings is 1. The highest BCUT2D eigenvalue weighted by Crippen LogP contribution is 2.15. The Labute approximate surface area is 97.2 Å². The van der Waals surface area contributed by atoms with Gasteiger partial charge in [-0.3, -0.25) is 4.98 Å². The van der Waals surface area contributed by atoms with E-state index < -0.39 is 0 Å². The number of nitrogens with zero attached hydrogens (tertiary/aromatic N) is 1. The van der Waals surface area contributed by atoms with E-state index in [1.807, 2.05) is 12.4 Å². The highest BCUT2D eigenvalue weighted by Gasteiger charge is 2.14. The Balaban J connectivity index is 1.77. The zero-order valence-electron chi connectivity index (χ0n) is 9.86. The molecule has 0 radical (unpaired) electrons. The molecular weight excluding hydrogens is 200 g/mol. The average molecular weight is 220 g/mol. The van der Waals surface area contributed by atoms with Crippen molar-refractivity contribution >= 4 is 0 Å². The summed E-state index contributed by atoms with van der Waals surface area (Å²) in [5.41, 5.74) is 1.30. The van der Waals surface area contributed by atoms with Gasteiger partial charge in [-0.2, -0.15) is 0 Å². The molecule has 1 aliphatic rings. The minimum Gasteiger partial charge on any atom is -0.381 e. The van der Waals surface area contributed by atoms with E-state index in [9.17, 15) is 0 Å². The highest BCUT2D eigenvalue weighted by atomic mass is 16.5. The Morgan fingerprint density at radius 2 is 2.31 bits per heavy atom. The van der Waals surface area contributed by atoms with E-state index >= 15 is 0 Å². The van der Waals surface area contributed by atoms with Gasteiger partial charge in [0.1, 0.15) is 0 Å². The van der Waals surface area contributed by atoms with E-state index in [-0.39, 0.29) is 0 Å². The molecular formula is C13H20N2O. The maximum Gasteiger partial charge on any atom is 0.0506 e. The van der Waals surface area contributed by atoms with Crippen LogP contribution in [-0.2, 0) is 4.74 Å². The summed E-state index contributed by atoms with van der Waals surface area (Å²) >= 11 is 0. The van der Waals surface area contributed by atoms with Crippen LogP contribution in [0.1, 0.15) is 31.4 Å². The van der Waals surface area contributed by atoms with Gasteiger partial charge in [0.25, 0.3) is 0 Å². The van der Waals surface area contributed by atoms with E-state index in [1.54, 1.807) is 0 Å². The molecule has 3 nitrogen and oxygen atoms in total. The largest absolute Gasteiger partial charge is 0.381 e. The molecule has 0 spiro atoms. The molecule has 1 aromatic heterocycles.